The van der Waals surface area contributed by atoms with Gasteiger partial charge in [0.05, 0.1) is 5.56 Å². The quantitative estimate of drug-likeness (QED) is 0.308. The molecule has 0 bridgehead atoms. The van der Waals surface area contributed by atoms with E-state index in [1.54, 1.807) is 17.7 Å². The number of nitrogens with one attached hydrogen (secondary N) is 1. The normalized spacial score (nSPS) is 15.1. The number of ether oxygens (including phenoxy) is 1. The Kier molecular flexibility index (Phi) is 6.67. The second kappa shape index (κ2) is 9.63. The summed E-state index contributed by atoms with van der Waals surface area (Å²) in [5.41, 5.74) is 2.06. The monoisotopic (exact) mass is 467 g/mol. The first-order valence-corrected chi connectivity index (χ1v) is 11.4. The fraction of sp³-hybridized carbons (Fsp3) is 0.208. The lowest BCUT2D eigenvalue weighted by atomic mass is 9.87. The van der Waals surface area contributed by atoms with Crippen molar-refractivity contribution in [1.82, 2.24) is 9.55 Å². The van der Waals surface area contributed by atoms with Gasteiger partial charge in [-0.2, -0.15) is 4.98 Å². The van der Waals surface area contributed by atoms with Crippen LogP contribution in [0.15, 0.2) is 71.1 Å². The first-order chi connectivity index (χ1) is 15.5. The van der Waals surface area contributed by atoms with Gasteiger partial charge in [0.2, 0.25) is 5.91 Å². The Hall–Kier alpha value is -3.03. The zero-order valence-corrected chi connectivity index (χ0v) is 19.1. The van der Waals surface area contributed by atoms with Crippen molar-refractivity contribution >= 4 is 35.1 Å². The number of aromatic nitrogens is 2. The number of carbonyl (C=O) groups excluding carboxylic acids is 1. The van der Waals surface area contributed by atoms with Gasteiger partial charge in [0, 0.05) is 30.2 Å². The van der Waals surface area contributed by atoms with Gasteiger partial charge in [0.15, 0.2) is 5.16 Å². The van der Waals surface area contributed by atoms with Crippen molar-refractivity contribution in [3.8, 4) is 5.75 Å². The second-order valence-corrected chi connectivity index (χ2v) is 8.83. The maximum Gasteiger partial charge on any atom is 0.279 e. The highest BCUT2D eigenvalue weighted by atomic mass is 35.5. The topological polar surface area (TPSA) is 73.2 Å². The molecule has 4 rings (SSSR count). The van der Waals surface area contributed by atoms with Crippen LogP contribution in [0.25, 0.3) is 0 Å². The fourth-order valence-electron chi connectivity index (χ4n) is 3.63. The highest BCUT2D eigenvalue weighted by Gasteiger charge is 2.32. The Balaban J connectivity index is 1.58. The Morgan fingerprint density at radius 3 is 2.62 bits per heavy atom. The lowest BCUT2D eigenvalue weighted by Crippen LogP contribution is -2.33. The molecule has 0 spiro atoms. The molecule has 0 saturated carbocycles. The summed E-state index contributed by atoms with van der Waals surface area (Å²) in [6.07, 6.45) is 1.93. The number of thioether (sulfide) groups is 1. The minimum atomic E-state index is -0.367. The van der Waals surface area contributed by atoms with Crippen molar-refractivity contribution < 1.29 is 9.53 Å². The summed E-state index contributed by atoms with van der Waals surface area (Å²) >= 11 is 7.31. The number of hydrogen-bond donors (Lipinski definition) is 1. The van der Waals surface area contributed by atoms with Crippen molar-refractivity contribution in [2.24, 2.45) is 7.05 Å². The second-order valence-electron chi connectivity index (χ2n) is 7.41. The molecule has 8 heteroatoms. The Bertz CT molecular complexity index is 1210. The largest absolute Gasteiger partial charge is 0.489 e. The molecule has 0 aliphatic carbocycles. The third kappa shape index (κ3) is 4.74. The molecule has 3 aromatic rings. The highest BCUT2D eigenvalue weighted by Crippen LogP contribution is 2.36. The average Bonchev–Trinajstić information content (AvgIpc) is 2.80. The predicted molar refractivity (Wildman–Crippen MR) is 128 cm³/mol. The van der Waals surface area contributed by atoms with Crippen molar-refractivity contribution in [3.63, 3.8) is 0 Å². The van der Waals surface area contributed by atoms with E-state index in [9.17, 15) is 9.59 Å². The maximum absolute atomic E-state index is 12.9. The lowest BCUT2D eigenvalue weighted by Gasteiger charge is -2.27. The van der Waals surface area contributed by atoms with Crippen molar-refractivity contribution in [3.05, 3.63) is 93.3 Å². The Labute approximate surface area is 195 Å². The van der Waals surface area contributed by atoms with E-state index in [1.165, 1.54) is 11.8 Å². The molecule has 1 N–H and O–H groups in total. The number of carbonyl (C=O) groups is 1. The third-order valence-electron chi connectivity index (χ3n) is 5.23. The number of halogens is 1. The Morgan fingerprint density at radius 2 is 1.94 bits per heavy atom. The molecule has 1 atom stereocenters. The molecular weight excluding hydrogens is 446 g/mol. The van der Waals surface area contributed by atoms with Crippen LogP contribution < -0.4 is 15.6 Å². The number of rotatable bonds is 7. The van der Waals surface area contributed by atoms with E-state index in [0.29, 0.717) is 39.7 Å². The van der Waals surface area contributed by atoms with E-state index >= 15 is 0 Å². The smallest absolute Gasteiger partial charge is 0.279 e. The number of anilines is 1. The number of nitrogens with zero attached hydrogens (tertiary/aromatic N) is 2. The molecule has 1 unspecified atom stereocenters. The van der Waals surface area contributed by atoms with Gasteiger partial charge in [-0.3, -0.25) is 9.59 Å². The highest BCUT2D eigenvalue weighted by molar-refractivity contribution is 7.99. The summed E-state index contributed by atoms with van der Waals surface area (Å²) < 4.78 is 7.61. The first-order valence-electron chi connectivity index (χ1n) is 10.1. The van der Waals surface area contributed by atoms with Crippen molar-refractivity contribution in [1.29, 1.82) is 0 Å². The van der Waals surface area contributed by atoms with Crippen molar-refractivity contribution in [2.45, 2.75) is 24.1 Å². The molecule has 6 nitrogen and oxygen atoms in total. The maximum atomic E-state index is 12.9. The summed E-state index contributed by atoms with van der Waals surface area (Å²) in [4.78, 5) is 29.6. The minimum absolute atomic E-state index is 0.133. The van der Waals surface area contributed by atoms with Gasteiger partial charge in [-0.05, 0) is 35.4 Å². The molecule has 2 aromatic carbocycles. The van der Waals surface area contributed by atoms with Crippen LogP contribution in [0.3, 0.4) is 0 Å². The molecule has 1 aliphatic heterocycles. The van der Waals surface area contributed by atoms with Gasteiger partial charge in [-0.25, -0.2) is 0 Å². The third-order valence-corrected chi connectivity index (χ3v) is 6.51. The molecule has 164 valence electrons. The van der Waals surface area contributed by atoms with Gasteiger partial charge in [-0.1, -0.05) is 53.7 Å². The van der Waals surface area contributed by atoms with Gasteiger partial charge < -0.3 is 14.6 Å². The molecule has 32 heavy (non-hydrogen) atoms. The van der Waals surface area contributed by atoms with Crippen LogP contribution in [0.4, 0.5) is 5.82 Å². The number of benzene rings is 2. The van der Waals surface area contributed by atoms with Gasteiger partial charge in [0.1, 0.15) is 18.2 Å². The zero-order chi connectivity index (χ0) is 22.7. The molecule has 0 radical (unpaired) electrons. The molecular formula is C24H22ClN3O3S. The molecule has 0 saturated heterocycles. The van der Waals surface area contributed by atoms with Crippen LogP contribution in [0, 0.1) is 0 Å². The van der Waals surface area contributed by atoms with E-state index in [0.717, 1.165) is 11.1 Å². The van der Waals surface area contributed by atoms with Crippen molar-refractivity contribution in [2.75, 3.05) is 11.1 Å². The average molecular weight is 468 g/mol. The number of amides is 1. The SMILES string of the molecule is C=CCSc1nc(=O)c2c(n1C)NC(=O)CC2c1ccc(OCc2ccc(Cl)cc2)cc1. The van der Waals surface area contributed by atoms with E-state index in [-0.39, 0.29) is 23.8 Å². The van der Waals surface area contributed by atoms with Crippen LogP contribution in [0.5, 0.6) is 5.75 Å². The summed E-state index contributed by atoms with van der Waals surface area (Å²) in [7, 11) is 1.80. The van der Waals surface area contributed by atoms with Gasteiger partial charge in [0.25, 0.3) is 5.56 Å². The molecule has 1 amide bonds. The molecule has 2 heterocycles. The summed E-state index contributed by atoms with van der Waals surface area (Å²) in [5.74, 6) is 1.32. The Morgan fingerprint density at radius 1 is 1.22 bits per heavy atom. The van der Waals surface area contributed by atoms with Crippen LogP contribution in [-0.2, 0) is 18.4 Å². The molecule has 0 fully saturated rings. The van der Waals surface area contributed by atoms with Crippen LogP contribution in [0.1, 0.15) is 29.0 Å². The number of fused-ring (bicyclic) bond motifs is 1. The summed E-state index contributed by atoms with van der Waals surface area (Å²) in [5, 5.41) is 4.07. The van der Waals surface area contributed by atoms with E-state index in [2.05, 4.69) is 16.9 Å². The van der Waals surface area contributed by atoms with Gasteiger partial charge in [-0.15, -0.1) is 6.58 Å². The van der Waals surface area contributed by atoms with Crippen LogP contribution >= 0.6 is 23.4 Å². The van der Waals surface area contributed by atoms with E-state index in [4.69, 9.17) is 16.3 Å². The number of hydrogen-bond acceptors (Lipinski definition) is 5. The minimum Gasteiger partial charge on any atom is -0.489 e. The van der Waals surface area contributed by atoms with E-state index < -0.39 is 0 Å². The van der Waals surface area contributed by atoms with Crippen LogP contribution in [0.2, 0.25) is 5.02 Å². The van der Waals surface area contributed by atoms with Gasteiger partial charge >= 0.3 is 0 Å². The summed E-state index contributed by atoms with van der Waals surface area (Å²) in [6, 6.07) is 15.0. The zero-order valence-electron chi connectivity index (χ0n) is 17.5. The van der Waals surface area contributed by atoms with Crippen LogP contribution in [-0.4, -0.2) is 21.2 Å². The predicted octanol–water partition coefficient (Wildman–Crippen LogP) is 4.76. The fourth-order valence-corrected chi connectivity index (χ4v) is 4.45. The standard InChI is InChI=1S/C24H22ClN3O3S/c1-3-12-32-24-27-23(30)21-19(13-20(29)26-22(21)28(24)2)16-6-10-18(11-7-16)31-14-15-4-8-17(25)9-5-15/h3-11,19H,1,12-14H2,2H3,(H,26,29). The molecule has 1 aliphatic rings. The molecule has 1 aromatic heterocycles. The summed E-state index contributed by atoms with van der Waals surface area (Å²) in [6.45, 7) is 4.12. The first kappa shape index (κ1) is 22.2. The lowest BCUT2D eigenvalue weighted by molar-refractivity contribution is -0.116. The van der Waals surface area contributed by atoms with E-state index in [1.807, 2.05) is 48.5 Å².